The van der Waals surface area contributed by atoms with Gasteiger partial charge < -0.3 is 24.4 Å². The second kappa shape index (κ2) is 8.82. The number of nitrogens with one attached hydrogen (secondary N) is 1. The van der Waals surface area contributed by atoms with Crippen molar-refractivity contribution in [2.24, 2.45) is 5.92 Å². The summed E-state index contributed by atoms with van der Waals surface area (Å²) in [4.78, 5) is 19.5. The van der Waals surface area contributed by atoms with E-state index >= 15 is 0 Å². The van der Waals surface area contributed by atoms with Gasteiger partial charge in [0.05, 0.1) is 33.2 Å². The fraction of sp³-hybridized carbons (Fsp3) is 0.429. The number of amides is 1. The number of ether oxygens (including phenoxy) is 3. The van der Waals surface area contributed by atoms with Gasteiger partial charge in [-0.2, -0.15) is 0 Å². The summed E-state index contributed by atoms with van der Waals surface area (Å²) in [7, 11) is 4.56. The summed E-state index contributed by atoms with van der Waals surface area (Å²) in [6.45, 7) is 4.30. The fourth-order valence-corrected chi connectivity index (χ4v) is 3.46. The first-order chi connectivity index (χ1) is 13.5. The number of hydrogen-bond acceptors (Lipinski definition) is 6. The van der Waals surface area contributed by atoms with Crippen LogP contribution in [0.15, 0.2) is 30.5 Å². The van der Waals surface area contributed by atoms with Gasteiger partial charge in [-0.1, -0.05) is 6.92 Å². The van der Waals surface area contributed by atoms with Crippen molar-refractivity contribution in [1.29, 1.82) is 0 Å². The van der Waals surface area contributed by atoms with Crippen LogP contribution < -0.4 is 24.4 Å². The number of carbonyl (C=O) groups excluding carboxylic acids is 1. The van der Waals surface area contributed by atoms with Crippen molar-refractivity contribution in [3.05, 3.63) is 36.0 Å². The van der Waals surface area contributed by atoms with Crippen LogP contribution in [-0.4, -0.2) is 45.3 Å². The van der Waals surface area contributed by atoms with Crippen molar-refractivity contribution < 1.29 is 19.0 Å². The Hall–Kier alpha value is -2.96. The Bertz CT molecular complexity index is 798. The normalized spacial score (nSPS) is 16.4. The van der Waals surface area contributed by atoms with Crippen molar-refractivity contribution in [2.45, 2.75) is 19.8 Å². The average molecular weight is 385 g/mol. The van der Waals surface area contributed by atoms with Gasteiger partial charge in [-0.15, -0.1) is 0 Å². The molecule has 0 saturated carbocycles. The molecule has 0 bridgehead atoms. The maximum absolute atomic E-state index is 12.7. The van der Waals surface area contributed by atoms with Crippen molar-refractivity contribution in [1.82, 2.24) is 4.98 Å². The lowest BCUT2D eigenvalue weighted by Gasteiger charge is -2.31. The zero-order valence-electron chi connectivity index (χ0n) is 16.8. The van der Waals surface area contributed by atoms with Crippen LogP contribution in [0, 0.1) is 5.92 Å². The van der Waals surface area contributed by atoms with E-state index in [2.05, 4.69) is 22.1 Å². The molecule has 1 unspecified atom stereocenters. The Balaban J connectivity index is 1.74. The molecule has 7 nitrogen and oxygen atoms in total. The molecule has 1 atom stereocenters. The Morgan fingerprint density at radius 3 is 2.39 bits per heavy atom. The van der Waals surface area contributed by atoms with Gasteiger partial charge in [0.1, 0.15) is 5.82 Å². The molecule has 0 spiro atoms. The third kappa shape index (κ3) is 4.30. The molecule has 150 valence electrons. The smallest absolute Gasteiger partial charge is 0.255 e. The van der Waals surface area contributed by atoms with Crippen LogP contribution in [0.2, 0.25) is 0 Å². The summed E-state index contributed by atoms with van der Waals surface area (Å²) in [5.41, 5.74) is 1.04. The van der Waals surface area contributed by atoms with Crippen molar-refractivity contribution in [3.8, 4) is 17.2 Å². The Labute approximate surface area is 165 Å². The topological polar surface area (TPSA) is 72.9 Å². The average Bonchev–Trinajstić information content (AvgIpc) is 2.73. The number of methoxy groups -OCH3 is 3. The number of aromatic nitrogens is 1. The Morgan fingerprint density at radius 2 is 1.86 bits per heavy atom. The first kappa shape index (κ1) is 19.8. The van der Waals surface area contributed by atoms with E-state index in [0.29, 0.717) is 34.4 Å². The molecule has 2 aromatic rings. The molecule has 0 radical (unpaired) electrons. The lowest BCUT2D eigenvalue weighted by Crippen LogP contribution is -2.34. The highest BCUT2D eigenvalue weighted by Gasteiger charge is 2.19. The van der Waals surface area contributed by atoms with Crippen LogP contribution in [0.5, 0.6) is 17.2 Å². The summed E-state index contributed by atoms with van der Waals surface area (Å²) in [6.07, 6.45) is 4.13. The highest BCUT2D eigenvalue weighted by molar-refractivity contribution is 6.05. The highest BCUT2D eigenvalue weighted by Crippen LogP contribution is 2.38. The van der Waals surface area contributed by atoms with E-state index in [-0.39, 0.29) is 5.91 Å². The van der Waals surface area contributed by atoms with Crippen LogP contribution in [0.1, 0.15) is 30.1 Å². The van der Waals surface area contributed by atoms with Gasteiger partial charge in [0.15, 0.2) is 11.5 Å². The second-order valence-electron chi connectivity index (χ2n) is 6.97. The fourth-order valence-electron chi connectivity index (χ4n) is 3.46. The molecule has 1 aliphatic rings. The lowest BCUT2D eigenvalue weighted by molar-refractivity contribution is 0.102. The molecule has 7 heteroatoms. The van der Waals surface area contributed by atoms with Gasteiger partial charge >= 0.3 is 0 Å². The molecule has 1 amide bonds. The zero-order valence-corrected chi connectivity index (χ0v) is 16.8. The van der Waals surface area contributed by atoms with Gasteiger partial charge in [-0.05, 0) is 43.0 Å². The van der Waals surface area contributed by atoms with Gasteiger partial charge in [-0.25, -0.2) is 4.98 Å². The molecule has 3 rings (SSSR count). The van der Waals surface area contributed by atoms with Crippen LogP contribution in [-0.2, 0) is 0 Å². The van der Waals surface area contributed by atoms with Crippen LogP contribution in [0.25, 0.3) is 0 Å². The minimum absolute atomic E-state index is 0.277. The number of nitrogens with zero attached hydrogens (tertiary/aromatic N) is 2. The largest absolute Gasteiger partial charge is 0.493 e. The molecule has 1 fully saturated rings. The molecule has 28 heavy (non-hydrogen) atoms. The van der Waals surface area contributed by atoms with Crippen molar-refractivity contribution in [2.75, 3.05) is 44.6 Å². The van der Waals surface area contributed by atoms with E-state index in [9.17, 15) is 4.79 Å². The zero-order chi connectivity index (χ0) is 20.1. The summed E-state index contributed by atoms with van der Waals surface area (Å²) in [5.74, 6) is 2.65. The summed E-state index contributed by atoms with van der Waals surface area (Å²) in [5, 5.41) is 2.87. The highest BCUT2D eigenvalue weighted by atomic mass is 16.5. The Morgan fingerprint density at radius 1 is 1.14 bits per heavy atom. The summed E-state index contributed by atoms with van der Waals surface area (Å²) in [6, 6.07) is 7.06. The van der Waals surface area contributed by atoms with E-state index in [4.69, 9.17) is 14.2 Å². The number of pyridine rings is 1. The third-order valence-corrected chi connectivity index (χ3v) is 4.91. The van der Waals surface area contributed by atoms with E-state index in [1.165, 1.54) is 34.2 Å². The number of anilines is 2. The molecule has 1 N–H and O–H groups in total. The van der Waals surface area contributed by atoms with Gasteiger partial charge in [0, 0.05) is 18.7 Å². The minimum Gasteiger partial charge on any atom is -0.493 e. The molecular weight excluding hydrogens is 358 g/mol. The minimum atomic E-state index is -0.277. The Kier molecular flexibility index (Phi) is 6.23. The van der Waals surface area contributed by atoms with Crippen LogP contribution in [0.4, 0.5) is 11.5 Å². The molecular formula is C21H27N3O4. The maximum Gasteiger partial charge on any atom is 0.255 e. The van der Waals surface area contributed by atoms with Gasteiger partial charge in [0.25, 0.3) is 5.91 Å². The molecule has 1 aromatic carbocycles. The monoisotopic (exact) mass is 385 g/mol. The molecule has 1 aromatic heterocycles. The van der Waals surface area contributed by atoms with Crippen LogP contribution >= 0.6 is 0 Å². The molecule has 0 aliphatic carbocycles. The first-order valence-electron chi connectivity index (χ1n) is 9.38. The number of carbonyl (C=O) groups is 1. The predicted octanol–water partition coefficient (Wildman–Crippen LogP) is 3.60. The van der Waals surface area contributed by atoms with E-state index in [1.807, 2.05) is 12.1 Å². The number of piperidine rings is 1. The van der Waals surface area contributed by atoms with Crippen molar-refractivity contribution in [3.63, 3.8) is 0 Å². The molecule has 1 saturated heterocycles. The standard InChI is InChI=1S/C21H27N3O4/c1-14-6-5-9-24(13-14)19-8-7-16(12-22-19)23-21(25)15-10-17(26-2)20(28-4)18(11-15)27-3/h7-8,10-12,14H,5-6,9,13H2,1-4H3,(H,23,25). The van der Waals surface area contributed by atoms with Gasteiger partial charge in [-0.3, -0.25) is 4.79 Å². The summed E-state index contributed by atoms with van der Waals surface area (Å²) >= 11 is 0. The number of rotatable bonds is 6. The van der Waals surface area contributed by atoms with Crippen LogP contribution in [0.3, 0.4) is 0 Å². The second-order valence-corrected chi connectivity index (χ2v) is 6.97. The summed E-state index contributed by atoms with van der Waals surface area (Å²) < 4.78 is 15.9. The maximum atomic E-state index is 12.7. The lowest BCUT2D eigenvalue weighted by atomic mass is 10.0. The van der Waals surface area contributed by atoms with E-state index in [1.54, 1.807) is 18.3 Å². The molecule has 2 heterocycles. The molecule has 1 aliphatic heterocycles. The van der Waals surface area contributed by atoms with E-state index < -0.39 is 0 Å². The van der Waals surface area contributed by atoms with Crippen molar-refractivity contribution >= 4 is 17.4 Å². The third-order valence-electron chi connectivity index (χ3n) is 4.91. The first-order valence-corrected chi connectivity index (χ1v) is 9.38. The van der Waals surface area contributed by atoms with Gasteiger partial charge in [0.2, 0.25) is 5.75 Å². The predicted molar refractivity (Wildman–Crippen MR) is 109 cm³/mol. The SMILES string of the molecule is COc1cc(C(=O)Nc2ccc(N3CCCC(C)C3)nc2)cc(OC)c1OC. The number of benzene rings is 1. The van der Waals surface area contributed by atoms with E-state index in [0.717, 1.165) is 18.9 Å². The number of hydrogen-bond donors (Lipinski definition) is 1. The quantitative estimate of drug-likeness (QED) is 0.819.